The molecule has 0 bridgehead atoms. The van der Waals surface area contributed by atoms with E-state index in [-0.39, 0.29) is 28.8 Å². The van der Waals surface area contributed by atoms with Crippen LogP contribution in [0.1, 0.15) is 21.6 Å². The van der Waals surface area contributed by atoms with Crippen molar-refractivity contribution in [2.75, 3.05) is 25.2 Å². The largest absolute Gasteiger partial charge is 0.457 e. The molecule has 14 heteroatoms. The molecule has 5 rings (SSSR count). The fourth-order valence-corrected chi connectivity index (χ4v) is 5.68. The number of carbonyl (C=O) groups is 4. The number of cyclic esters (lactones) is 1. The topological polar surface area (TPSA) is 163 Å². The molecule has 1 unspecified atom stereocenters. The van der Waals surface area contributed by atoms with Crippen LogP contribution in [-0.2, 0) is 28.7 Å². The van der Waals surface area contributed by atoms with Gasteiger partial charge in [0.15, 0.2) is 10.8 Å². The molecule has 1 aromatic heterocycles. The molecule has 0 aliphatic carbocycles. The summed E-state index contributed by atoms with van der Waals surface area (Å²) in [4.78, 5) is 60.5. The highest BCUT2D eigenvalue weighted by atomic mass is 32.2. The Kier molecular flexibility index (Phi) is 6.67. The van der Waals surface area contributed by atoms with Gasteiger partial charge in [-0.2, -0.15) is 0 Å². The van der Waals surface area contributed by atoms with E-state index in [0.717, 1.165) is 11.3 Å². The molecule has 4 heterocycles. The molecule has 0 spiro atoms. The van der Waals surface area contributed by atoms with Crippen LogP contribution in [-0.4, -0.2) is 70.2 Å². The Morgan fingerprint density at radius 3 is 2.84 bits per heavy atom. The van der Waals surface area contributed by atoms with Crippen molar-refractivity contribution in [1.29, 1.82) is 0 Å². The lowest BCUT2D eigenvalue weighted by Crippen LogP contribution is -2.70. The number of oxime groups is 1. The van der Waals surface area contributed by atoms with Crippen LogP contribution in [0.5, 0.6) is 0 Å². The number of hydrogen-bond acceptors (Lipinski definition) is 12. The van der Waals surface area contributed by atoms with E-state index in [9.17, 15) is 19.2 Å². The van der Waals surface area contributed by atoms with Gasteiger partial charge in [0.25, 0.3) is 11.8 Å². The predicted octanol–water partition coefficient (Wildman–Crippen LogP) is 1.11. The minimum absolute atomic E-state index is 0.0829. The van der Waals surface area contributed by atoms with Crippen LogP contribution < -0.4 is 11.1 Å². The smallest absolute Gasteiger partial charge is 0.355 e. The van der Waals surface area contributed by atoms with Crippen LogP contribution in [0.4, 0.5) is 5.13 Å². The van der Waals surface area contributed by atoms with Crippen molar-refractivity contribution in [2.45, 2.75) is 11.4 Å². The summed E-state index contributed by atoms with van der Waals surface area (Å²) in [7, 11) is 1.28. The Bertz CT molecular complexity index is 1400. The second kappa shape index (κ2) is 10.1. The minimum atomic E-state index is -0.886. The summed E-state index contributed by atoms with van der Waals surface area (Å²) < 4.78 is 10.5. The first-order chi connectivity index (χ1) is 17.9. The van der Waals surface area contributed by atoms with Crippen LogP contribution in [0.25, 0.3) is 5.76 Å². The Labute approximate surface area is 218 Å². The third kappa shape index (κ3) is 4.56. The van der Waals surface area contributed by atoms with Crippen molar-refractivity contribution in [2.24, 2.45) is 5.16 Å². The van der Waals surface area contributed by atoms with E-state index in [1.54, 1.807) is 35.7 Å². The summed E-state index contributed by atoms with van der Waals surface area (Å²) in [5, 5.41) is 7.65. The van der Waals surface area contributed by atoms with Gasteiger partial charge >= 0.3 is 11.9 Å². The van der Waals surface area contributed by atoms with Crippen molar-refractivity contribution in [3.63, 3.8) is 0 Å². The highest BCUT2D eigenvalue weighted by molar-refractivity contribution is 8.00. The van der Waals surface area contributed by atoms with Crippen LogP contribution in [0.15, 0.2) is 52.7 Å². The van der Waals surface area contributed by atoms with Crippen LogP contribution in [0, 0.1) is 0 Å². The summed E-state index contributed by atoms with van der Waals surface area (Å²) >= 11 is 2.51. The number of amides is 2. The Morgan fingerprint density at radius 1 is 1.32 bits per heavy atom. The molecule has 1 aromatic carbocycles. The zero-order valence-corrected chi connectivity index (χ0v) is 20.8. The standard InChI is InChI=1S/C23H19N5O7S2/c1-33-27-16(13-10-37-23(24)25-13)18(29)26-17-19(30)28-14(7-9-36-20(17)28)22(32)34-8-6-15-11-4-2-3-5-12(11)21(31)35-15/h2-7,10,17,20H,8-9H2,1H3,(H2,24,25)(H,26,29)/t17?,20-/m1/s1. The molecule has 0 saturated carbocycles. The van der Waals surface area contributed by atoms with E-state index >= 15 is 0 Å². The lowest BCUT2D eigenvalue weighted by molar-refractivity contribution is -0.151. The molecule has 12 nitrogen and oxygen atoms in total. The summed E-state index contributed by atoms with van der Waals surface area (Å²) in [5.41, 5.74) is 6.87. The van der Waals surface area contributed by atoms with Gasteiger partial charge in [0.1, 0.15) is 42.3 Å². The van der Waals surface area contributed by atoms with Crippen molar-refractivity contribution in [3.05, 3.63) is 64.3 Å². The number of nitrogens with zero attached hydrogens (tertiary/aromatic N) is 3. The average molecular weight is 542 g/mol. The molecule has 1 fully saturated rings. The number of thioether (sulfide) groups is 1. The predicted molar refractivity (Wildman–Crippen MR) is 134 cm³/mol. The maximum atomic E-state index is 12.9. The zero-order chi connectivity index (χ0) is 26.1. The first-order valence-corrected chi connectivity index (χ1v) is 12.8. The highest BCUT2D eigenvalue weighted by Crippen LogP contribution is 2.38. The minimum Gasteiger partial charge on any atom is -0.457 e. The van der Waals surface area contributed by atoms with E-state index in [0.29, 0.717) is 22.6 Å². The number of hydrogen-bond donors (Lipinski definition) is 2. The molecule has 3 N–H and O–H groups in total. The number of carbonyl (C=O) groups excluding carboxylic acids is 4. The maximum Gasteiger partial charge on any atom is 0.355 e. The van der Waals surface area contributed by atoms with Gasteiger partial charge in [-0.05, 0) is 18.2 Å². The summed E-state index contributed by atoms with van der Waals surface area (Å²) in [5.74, 6) is -1.59. The molecule has 2 atom stereocenters. The number of nitrogens with two attached hydrogens (primary N) is 1. The number of aromatic nitrogens is 1. The molecule has 1 saturated heterocycles. The second-order valence-electron chi connectivity index (χ2n) is 7.77. The van der Waals surface area contributed by atoms with E-state index in [2.05, 4.69) is 15.5 Å². The van der Waals surface area contributed by atoms with Gasteiger partial charge in [0.2, 0.25) is 0 Å². The first kappa shape index (κ1) is 24.5. The third-order valence-electron chi connectivity index (χ3n) is 5.60. The van der Waals surface area contributed by atoms with Crippen LogP contribution in [0.2, 0.25) is 0 Å². The third-order valence-corrected chi connectivity index (χ3v) is 7.46. The number of benzene rings is 1. The molecular formula is C23H19N5O7S2. The molecule has 2 amide bonds. The molecular weight excluding hydrogens is 522 g/mol. The van der Waals surface area contributed by atoms with E-state index in [1.807, 2.05) is 0 Å². The number of rotatable bonds is 7. The Hall–Kier alpha value is -4.17. The van der Waals surface area contributed by atoms with E-state index in [4.69, 9.17) is 20.0 Å². The van der Waals surface area contributed by atoms with Gasteiger partial charge in [-0.1, -0.05) is 23.4 Å². The monoisotopic (exact) mass is 541 g/mol. The van der Waals surface area contributed by atoms with Crippen molar-refractivity contribution >= 4 is 63.5 Å². The Balaban J connectivity index is 1.22. The first-order valence-electron chi connectivity index (χ1n) is 10.9. The maximum absolute atomic E-state index is 12.9. The summed E-state index contributed by atoms with van der Waals surface area (Å²) in [6, 6.07) is 6.00. The van der Waals surface area contributed by atoms with E-state index in [1.165, 1.54) is 29.8 Å². The normalized spacial score (nSPS) is 21.4. The number of thiazole rings is 1. The van der Waals surface area contributed by atoms with Gasteiger partial charge in [0, 0.05) is 16.7 Å². The number of β-lactam (4-membered cyclic amide) rings is 1. The van der Waals surface area contributed by atoms with Crippen molar-refractivity contribution in [1.82, 2.24) is 15.2 Å². The van der Waals surface area contributed by atoms with Gasteiger partial charge < -0.3 is 25.4 Å². The fourth-order valence-electron chi connectivity index (χ4n) is 3.94. The van der Waals surface area contributed by atoms with Gasteiger partial charge in [-0.3, -0.25) is 14.5 Å². The van der Waals surface area contributed by atoms with Crippen LogP contribution >= 0.6 is 23.1 Å². The number of nitrogen functional groups attached to an aromatic ring is 1. The molecule has 3 aliphatic rings. The van der Waals surface area contributed by atoms with Crippen LogP contribution in [0.3, 0.4) is 0 Å². The highest BCUT2D eigenvalue weighted by Gasteiger charge is 2.53. The SMILES string of the molecule is CON=C(C(=O)NC1C(=O)N2C(C(=O)OCC=C3OC(=O)c4ccccc43)=CCS[C@H]12)c1csc(N)n1. The molecule has 0 radical (unpaired) electrons. The van der Waals surface area contributed by atoms with Crippen molar-refractivity contribution in [3.8, 4) is 0 Å². The van der Waals surface area contributed by atoms with Crippen molar-refractivity contribution < 1.29 is 33.5 Å². The second-order valence-corrected chi connectivity index (χ2v) is 9.81. The van der Waals surface area contributed by atoms with E-state index < -0.39 is 35.2 Å². The Morgan fingerprint density at radius 2 is 2.11 bits per heavy atom. The number of esters is 2. The lowest BCUT2D eigenvalue weighted by atomic mass is 10.0. The number of ether oxygens (including phenoxy) is 2. The number of anilines is 1. The molecule has 3 aliphatic heterocycles. The van der Waals surface area contributed by atoms with Gasteiger partial charge in [0.05, 0.1) is 5.56 Å². The molecule has 190 valence electrons. The summed E-state index contributed by atoms with van der Waals surface area (Å²) in [6.45, 7) is -0.166. The fraction of sp³-hybridized carbons (Fsp3) is 0.217. The van der Waals surface area contributed by atoms with Gasteiger partial charge in [-0.25, -0.2) is 14.6 Å². The average Bonchev–Trinajstić information content (AvgIpc) is 3.47. The molecule has 2 aromatic rings. The van der Waals surface area contributed by atoms with Gasteiger partial charge in [-0.15, -0.1) is 23.1 Å². The molecule has 37 heavy (non-hydrogen) atoms. The lowest BCUT2D eigenvalue weighted by Gasteiger charge is -2.48. The zero-order valence-electron chi connectivity index (χ0n) is 19.2. The summed E-state index contributed by atoms with van der Waals surface area (Å²) in [6.07, 6.45) is 3.08. The number of fused-ring (bicyclic) bond motifs is 2. The quantitative estimate of drug-likeness (QED) is 0.225. The number of nitrogens with one attached hydrogen (secondary N) is 1.